The van der Waals surface area contributed by atoms with Gasteiger partial charge in [-0.05, 0) is 12.1 Å². The molecule has 0 spiro atoms. The lowest BCUT2D eigenvalue weighted by atomic mass is 10.2. The second-order valence-corrected chi connectivity index (χ2v) is 4.29. The molecule has 112 valence electrons. The van der Waals surface area contributed by atoms with Crippen LogP contribution in [-0.4, -0.2) is 28.3 Å². The third kappa shape index (κ3) is 4.04. The first-order valence-electron chi connectivity index (χ1n) is 6.03. The van der Waals surface area contributed by atoms with Crippen LogP contribution in [0.4, 0.5) is 13.2 Å². The molecule has 8 heteroatoms. The molecule has 0 saturated heterocycles. The highest BCUT2D eigenvalue weighted by Crippen LogP contribution is 2.14. The van der Waals surface area contributed by atoms with Crippen LogP contribution in [0.15, 0.2) is 35.4 Å². The van der Waals surface area contributed by atoms with Gasteiger partial charge in [-0.3, -0.25) is 14.2 Å². The predicted octanol–water partition coefficient (Wildman–Crippen LogP) is 1.89. The number of para-hydroxylation sites is 1. The van der Waals surface area contributed by atoms with E-state index >= 15 is 0 Å². The van der Waals surface area contributed by atoms with Crippen molar-refractivity contribution in [1.29, 1.82) is 0 Å². The van der Waals surface area contributed by atoms with Crippen molar-refractivity contribution in [2.24, 2.45) is 0 Å². The first kappa shape index (κ1) is 15.0. The van der Waals surface area contributed by atoms with Gasteiger partial charge in [0.25, 0.3) is 5.56 Å². The van der Waals surface area contributed by atoms with Crippen molar-refractivity contribution in [2.75, 3.05) is 6.61 Å². The summed E-state index contributed by atoms with van der Waals surface area (Å²) >= 11 is 0. The first-order chi connectivity index (χ1) is 9.87. The highest BCUT2D eigenvalue weighted by molar-refractivity contribution is 5.77. The van der Waals surface area contributed by atoms with Gasteiger partial charge in [-0.15, -0.1) is 0 Å². The number of benzene rings is 1. The van der Waals surface area contributed by atoms with Crippen molar-refractivity contribution >= 4 is 16.9 Å². The summed E-state index contributed by atoms with van der Waals surface area (Å²) in [6.07, 6.45) is -3.64. The topological polar surface area (TPSA) is 61.2 Å². The average molecular weight is 300 g/mol. The molecule has 0 aliphatic heterocycles. The standard InChI is InChI=1S/C13H11F3N2O3/c14-13(15,16)7-21-11(19)5-6-18-8-17-10-4-2-1-3-9(10)12(18)20/h1-4,8H,5-7H2. The smallest absolute Gasteiger partial charge is 0.422 e. The summed E-state index contributed by atoms with van der Waals surface area (Å²) in [5.74, 6) is -1.02. The summed E-state index contributed by atoms with van der Waals surface area (Å²) in [4.78, 5) is 27.3. The number of esters is 1. The number of fused-ring (bicyclic) bond motifs is 1. The van der Waals surface area contributed by atoms with E-state index in [-0.39, 0.29) is 18.5 Å². The molecule has 0 bridgehead atoms. The molecule has 5 nitrogen and oxygen atoms in total. The number of alkyl halides is 3. The third-order valence-corrected chi connectivity index (χ3v) is 2.69. The van der Waals surface area contributed by atoms with E-state index in [0.29, 0.717) is 10.9 Å². The highest BCUT2D eigenvalue weighted by Gasteiger charge is 2.29. The van der Waals surface area contributed by atoms with E-state index in [9.17, 15) is 22.8 Å². The summed E-state index contributed by atoms with van der Waals surface area (Å²) in [5, 5.41) is 0.378. The molecule has 0 fully saturated rings. The number of aromatic nitrogens is 2. The molecule has 2 rings (SSSR count). The molecular weight excluding hydrogens is 289 g/mol. The van der Waals surface area contributed by atoms with Crippen molar-refractivity contribution in [3.63, 3.8) is 0 Å². The summed E-state index contributed by atoms with van der Waals surface area (Å²) < 4.78 is 40.8. The minimum absolute atomic E-state index is 0.0899. The van der Waals surface area contributed by atoms with Gasteiger partial charge >= 0.3 is 12.1 Å². The largest absolute Gasteiger partial charge is 0.456 e. The highest BCUT2D eigenvalue weighted by atomic mass is 19.4. The second kappa shape index (κ2) is 5.94. The fraction of sp³-hybridized carbons (Fsp3) is 0.308. The predicted molar refractivity (Wildman–Crippen MR) is 67.6 cm³/mol. The molecule has 0 N–H and O–H groups in total. The monoisotopic (exact) mass is 300 g/mol. The van der Waals surface area contributed by atoms with Crippen LogP contribution < -0.4 is 5.56 Å². The van der Waals surface area contributed by atoms with Crippen molar-refractivity contribution in [3.05, 3.63) is 40.9 Å². The van der Waals surface area contributed by atoms with Gasteiger partial charge < -0.3 is 4.74 Å². The van der Waals surface area contributed by atoms with E-state index in [2.05, 4.69) is 9.72 Å². The summed E-state index contributed by atoms with van der Waals surface area (Å²) in [6.45, 7) is -1.72. The molecule has 0 aliphatic rings. The number of carbonyl (C=O) groups excluding carboxylic acids is 1. The Bertz CT molecular complexity index is 710. The molecule has 0 saturated carbocycles. The number of hydrogen-bond donors (Lipinski definition) is 0. The van der Waals surface area contributed by atoms with Crippen LogP contribution in [0.3, 0.4) is 0 Å². The van der Waals surface area contributed by atoms with Crippen molar-refractivity contribution in [2.45, 2.75) is 19.1 Å². The molecule has 0 atom stereocenters. The second-order valence-electron chi connectivity index (χ2n) is 4.29. The third-order valence-electron chi connectivity index (χ3n) is 2.69. The SMILES string of the molecule is O=C(CCn1cnc2ccccc2c1=O)OCC(F)(F)F. The van der Waals surface area contributed by atoms with Crippen LogP contribution in [0.25, 0.3) is 10.9 Å². The van der Waals surface area contributed by atoms with Gasteiger partial charge in [0.05, 0.1) is 23.7 Å². The van der Waals surface area contributed by atoms with E-state index in [4.69, 9.17) is 0 Å². The number of aryl methyl sites for hydroxylation is 1. The van der Waals surface area contributed by atoms with Crippen LogP contribution in [0.1, 0.15) is 6.42 Å². The molecule has 0 radical (unpaired) electrons. The maximum Gasteiger partial charge on any atom is 0.422 e. The number of ether oxygens (including phenoxy) is 1. The normalized spacial score (nSPS) is 11.6. The Kier molecular flexibility index (Phi) is 4.25. The summed E-state index contributed by atoms with van der Waals surface area (Å²) in [7, 11) is 0. The lowest BCUT2D eigenvalue weighted by molar-refractivity contribution is -0.186. The fourth-order valence-electron chi connectivity index (χ4n) is 1.71. The molecule has 21 heavy (non-hydrogen) atoms. The molecule has 0 aliphatic carbocycles. The number of rotatable bonds is 4. The quantitative estimate of drug-likeness (QED) is 0.809. The lowest BCUT2D eigenvalue weighted by Crippen LogP contribution is -2.24. The summed E-state index contributed by atoms with van der Waals surface area (Å²) in [5.41, 5.74) is 0.155. The number of nitrogens with zero attached hydrogens (tertiary/aromatic N) is 2. The Hall–Kier alpha value is -2.38. The molecule has 1 aromatic heterocycles. The Balaban J connectivity index is 2.02. The van der Waals surface area contributed by atoms with E-state index in [1.54, 1.807) is 24.3 Å². The number of halogens is 3. The molecule has 0 amide bonds. The van der Waals surface area contributed by atoms with Crippen LogP contribution in [0, 0.1) is 0 Å². The maximum absolute atomic E-state index is 12.0. The van der Waals surface area contributed by atoms with Gasteiger partial charge in [-0.25, -0.2) is 4.98 Å². The Morgan fingerprint density at radius 2 is 2.00 bits per heavy atom. The Labute approximate surface area is 117 Å². The minimum Gasteiger partial charge on any atom is -0.456 e. The zero-order valence-corrected chi connectivity index (χ0v) is 10.8. The van der Waals surface area contributed by atoms with Crippen molar-refractivity contribution in [3.8, 4) is 0 Å². The van der Waals surface area contributed by atoms with Gasteiger partial charge in [0.15, 0.2) is 6.61 Å². The van der Waals surface area contributed by atoms with Crippen LogP contribution >= 0.6 is 0 Å². The van der Waals surface area contributed by atoms with Crippen molar-refractivity contribution in [1.82, 2.24) is 9.55 Å². The molecular formula is C13H11F3N2O3. The van der Waals surface area contributed by atoms with Gasteiger partial charge in [0.2, 0.25) is 0 Å². The van der Waals surface area contributed by atoms with E-state index in [1.165, 1.54) is 6.33 Å². The molecule has 2 aromatic rings. The van der Waals surface area contributed by atoms with E-state index < -0.39 is 18.8 Å². The summed E-state index contributed by atoms with van der Waals surface area (Å²) in [6, 6.07) is 6.66. The Morgan fingerprint density at radius 1 is 1.29 bits per heavy atom. The van der Waals surface area contributed by atoms with Gasteiger partial charge in [-0.2, -0.15) is 13.2 Å². The van der Waals surface area contributed by atoms with Gasteiger partial charge in [0.1, 0.15) is 0 Å². The zero-order chi connectivity index (χ0) is 15.5. The number of carbonyl (C=O) groups is 1. The van der Waals surface area contributed by atoms with Gasteiger partial charge in [-0.1, -0.05) is 12.1 Å². The first-order valence-corrected chi connectivity index (χ1v) is 6.03. The zero-order valence-electron chi connectivity index (χ0n) is 10.8. The van der Waals surface area contributed by atoms with E-state index in [0.717, 1.165) is 4.57 Å². The number of hydrogen-bond acceptors (Lipinski definition) is 4. The fourth-order valence-corrected chi connectivity index (χ4v) is 1.71. The minimum atomic E-state index is -4.56. The van der Waals surface area contributed by atoms with Gasteiger partial charge in [0, 0.05) is 6.54 Å². The average Bonchev–Trinajstić information content (AvgIpc) is 2.44. The molecule has 1 aromatic carbocycles. The Morgan fingerprint density at radius 3 is 2.71 bits per heavy atom. The lowest BCUT2D eigenvalue weighted by Gasteiger charge is -2.09. The van der Waals surface area contributed by atoms with Crippen molar-refractivity contribution < 1.29 is 22.7 Å². The van der Waals surface area contributed by atoms with Crippen LogP contribution in [0.5, 0.6) is 0 Å². The molecule has 0 unspecified atom stereocenters. The molecule has 1 heterocycles. The van der Waals surface area contributed by atoms with Crippen LogP contribution in [0.2, 0.25) is 0 Å². The van der Waals surface area contributed by atoms with Crippen LogP contribution in [-0.2, 0) is 16.1 Å². The maximum atomic E-state index is 12.0. The van der Waals surface area contributed by atoms with E-state index in [1.807, 2.05) is 0 Å².